The maximum atomic E-state index is 12.5. The summed E-state index contributed by atoms with van der Waals surface area (Å²) in [5, 5.41) is 38.1. The smallest absolute Gasteiger partial charge is 0.274 e. The molecule has 0 spiro atoms. The van der Waals surface area contributed by atoms with Gasteiger partial charge in [-0.2, -0.15) is 10.1 Å². The molecule has 3 amide bonds. The van der Waals surface area contributed by atoms with E-state index in [2.05, 4.69) is 20.7 Å². The van der Waals surface area contributed by atoms with Crippen molar-refractivity contribution in [3.05, 3.63) is 41.7 Å². The summed E-state index contributed by atoms with van der Waals surface area (Å²) >= 11 is 0. The molecular weight excluding hydrogens is 499 g/mol. The fraction of sp³-hybridized carbons (Fsp3) is 0.273. The highest BCUT2D eigenvalue weighted by Crippen LogP contribution is 2.36. The number of nitrogens with two attached hydrogens (primary N) is 1. The molecule has 0 saturated heterocycles. The van der Waals surface area contributed by atoms with Crippen molar-refractivity contribution in [2.75, 3.05) is 32.7 Å². The number of rotatable bonds is 13. The largest absolute Gasteiger partial charge is 0.494 e. The van der Waals surface area contributed by atoms with Gasteiger partial charge in [0, 0.05) is 32.3 Å². The molecule has 0 saturated carbocycles. The third kappa shape index (κ3) is 7.99. The van der Waals surface area contributed by atoms with Gasteiger partial charge in [0.25, 0.3) is 11.8 Å². The predicted octanol–water partition coefficient (Wildman–Crippen LogP) is -1.82. The predicted molar refractivity (Wildman–Crippen MR) is 138 cm³/mol. The minimum Gasteiger partial charge on any atom is -0.494 e. The van der Waals surface area contributed by atoms with Crippen molar-refractivity contribution in [3.63, 3.8) is 0 Å². The van der Waals surface area contributed by atoms with E-state index in [4.69, 9.17) is 28.5 Å². The van der Waals surface area contributed by atoms with E-state index in [1.54, 1.807) is 36.6 Å². The first-order valence-electron chi connectivity index (χ1n) is 10.8. The Morgan fingerprint density at radius 2 is 2.05 bits per heavy atom. The molecule has 2 radical (unpaired) electrons. The van der Waals surface area contributed by atoms with Crippen LogP contribution in [0.3, 0.4) is 0 Å². The first-order chi connectivity index (χ1) is 17.9. The molecule has 1 heterocycles. The lowest BCUT2D eigenvalue weighted by atomic mass is 10.0. The van der Waals surface area contributed by atoms with Gasteiger partial charge in [-0.05, 0) is 18.2 Å². The molecule has 0 bridgehead atoms. The second-order valence-electron chi connectivity index (χ2n) is 7.57. The molecule has 0 atom stereocenters. The van der Waals surface area contributed by atoms with Gasteiger partial charge in [0.15, 0.2) is 19.4 Å². The number of nitrogens with zero attached hydrogens (tertiary/aromatic N) is 3. The molecule has 1 aromatic heterocycles. The van der Waals surface area contributed by atoms with E-state index >= 15 is 0 Å². The summed E-state index contributed by atoms with van der Waals surface area (Å²) < 4.78 is 11.9. The molecule has 15 nitrogen and oxygen atoms in total. The molecule has 1 aromatic carbocycles. The first-order valence-corrected chi connectivity index (χ1v) is 10.8. The minimum atomic E-state index is -3.10. The lowest BCUT2D eigenvalue weighted by Crippen LogP contribution is -2.51. The highest BCUT2D eigenvalue weighted by molar-refractivity contribution is 6.45. The Kier molecular flexibility index (Phi) is 10.3. The van der Waals surface area contributed by atoms with Crippen LogP contribution in [0.25, 0.3) is 11.3 Å². The number of ether oxygens (including phenoxy) is 2. The highest BCUT2D eigenvalue weighted by Gasteiger charge is 2.24. The van der Waals surface area contributed by atoms with Crippen LogP contribution in [0.2, 0.25) is 0 Å². The third-order valence-electron chi connectivity index (χ3n) is 4.76. The second-order valence-corrected chi connectivity index (χ2v) is 7.57. The molecule has 200 valence electrons. The Hall–Kier alpha value is -4.54. The van der Waals surface area contributed by atoms with Crippen molar-refractivity contribution in [1.29, 1.82) is 5.41 Å². The average Bonchev–Trinajstić information content (AvgIpc) is 3.23. The maximum Gasteiger partial charge on any atom is 0.274 e. The van der Waals surface area contributed by atoms with Crippen LogP contribution in [0.1, 0.15) is 10.5 Å². The Bertz CT molecular complexity index is 1270. The van der Waals surface area contributed by atoms with Gasteiger partial charge in [0.05, 0.1) is 30.8 Å². The standard InChI is InChI=1S/C22H27BN8O7/c1-31-16(20(33)26-7-8-37-2)9-14(30-31)12-5-4-6-13(19(12)38-3)28-15(10-17(24)27-11-32)18(25)21(34)29-22(23,35)36/h4-6,9-11,25,28,35-36H,7-8H2,1-3H3,(H,26,33)(H,29,34)(H2,24,27,32)/b15-10+,25-18?. The Labute approximate surface area is 218 Å². The number of aromatic nitrogens is 2. The summed E-state index contributed by atoms with van der Waals surface area (Å²) in [5.74, 6) is -4.91. The van der Waals surface area contributed by atoms with Crippen molar-refractivity contribution < 1.29 is 34.1 Å². The fourth-order valence-electron chi connectivity index (χ4n) is 3.14. The lowest BCUT2D eigenvalue weighted by Gasteiger charge is -2.20. The van der Waals surface area contributed by atoms with E-state index in [0.29, 0.717) is 24.4 Å². The van der Waals surface area contributed by atoms with Crippen LogP contribution in [-0.2, 0) is 21.4 Å². The van der Waals surface area contributed by atoms with E-state index in [-0.39, 0.29) is 41.0 Å². The Morgan fingerprint density at radius 3 is 2.66 bits per heavy atom. The van der Waals surface area contributed by atoms with E-state index < -0.39 is 17.4 Å². The SMILES string of the molecule is [B]C(O)(O)NC(=O)C(=N)/C(=C\C(N)=NC=O)Nc1cccc(-c2cc(C(=O)NCCOC)n(C)n2)c1OC. The number of carbonyl (C=O) groups excluding carboxylic acids is 3. The van der Waals surface area contributed by atoms with Gasteiger partial charge in [0.2, 0.25) is 6.41 Å². The van der Waals surface area contributed by atoms with Gasteiger partial charge >= 0.3 is 0 Å². The number of benzene rings is 1. The maximum absolute atomic E-state index is 12.5. The molecule has 38 heavy (non-hydrogen) atoms. The van der Waals surface area contributed by atoms with Gasteiger partial charge in [0.1, 0.15) is 17.2 Å². The van der Waals surface area contributed by atoms with Crippen molar-refractivity contribution in [1.82, 2.24) is 20.4 Å². The molecular formula is C22H27BN8O7. The summed E-state index contributed by atoms with van der Waals surface area (Å²) in [7, 11) is 9.44. The summed E-state index contributed by atoms with van der Waals surface area (Å²) in [4.78, 5) is 38.9. The second kappa shape index (κ2) is 13.1. The van der Waals surface area contributed by atoms with Gasteiger partial charge in [-0.15, -0.1) is 0 Å². The summed E-state index contributed by atoms with van der Waals surface area (Å²) in [5.41, 5.74) is 5.81. The Morgan fingerprint density at radius 1 is 1.34 bits per heavy atom. The number of methoxy groups -OCH3 is 2. The van der Waals surface area contributed by atoms with E-state index in [9.17, 15) is 24.6 Å². The van der Waals surface area contributed by atoms with Gasteiger partial charge in [-0.25, -0.2) is 0 Å². The monoisotopic (exact) mass is 526 g/mol. The molecule has 0 aliphatic heterocycles. The average molecular weight is 526 g/mol. The minimum absolute atomic E-state index is 0.158. The number of amidine groups is 1. The van der Waals surface area contributed by atoms with Crippen molar-refractivity contribution >= 4 is 43.3 Å². The molecule has 2 aromatic rings. The lowest BCUT2D eigenvalue weighted by molar-refractivity contribution is -0.139. The molecule has 16 heteroatoms. The van der Waals surface area contributed by atoms with Gasteiger partial charge in [-0.1, -0.05) is 6.07 Å². The van der Waals surface area contributed by atoms with Gasteiger partial charge in [-0.3, -0.25) is 24.5 Å². The Balaban J connectivity index is 2.49. The van der Waals surface area contributed by atoms with Crippen LogP contribution in [0.5, 0.6) is 5.75 Å². The van der Waals surface area contributed by atoms with Crippen LogP contribution in [0, 0.1) is 5.41 Å². The quantitative estimate of drug-likeness (QED) is 0.0386. The number of aliphatic imine (C=N–C) groups is 1. The van der Waals surface area contributed by atoms with Crippen LogP contribution in [0.4, 0.5) is 5.69 Å². The molecule has 8 N–H and O–H groups in total. The summed E-state index contributed by atoms with van der Waals surface area (Å²) in [6.45, 7) is 0.646. The van der Waals surface area contributed by atoms with Crippen LogP contribution in [-0.4, -0.2) is 90.8 Å². The normalized spacial score (nSPS) is 12.0. The number of hydrogen-bond acceptors (Lipinski definition) is 10. The zero-order valence-electron chi connectivity index (χ0n) is 20.8. The van der Waals surface area contributed by atoms with Crippen molar-refractivity contribution in [2.45, 2.75) is 5.81 Å². The molecule has 2 rings (SSSR count). The summed E-state index contributed by atoms with van der Waals surface area (Å²) in [6, 6.07) is 6.38. The van der Waals surface area contributed by atoms with Crippen LogP contribution >= 0.6 is 0 Å². The number of amides is 3. The van der Waals surface area contributed by atoms with Gasteiger partial charge < -0.3 is 41.4 Å². The molecule has 0 fully saturated rings. The van der Waals surface area contributed by atoms with Crippen molar-refractivity contribution in [3.8, 4) is 17.0 Å². The van der Waals surface area contributed by atoms with E-state index in [1.165, 1.54) is 18.9 Å². The molecule has 0 aliphatic carbocycles. The highest BCUT2D eigenvalue weighted by atomic mass is 16.5. The van der Waals surface area contributed by atoms with Crippen molar-refractivity contribution in [2.24, 2.45) is 17.8 Å². The third-order valence-corrected chi connectivity index (χ3v) is 4.76. The summed E-state index contributed by atoms with van der Waals surface area (Å²) in [6.07, 6.45) is 1.16. The fourth-order valence-corrected chi connectivity index (χ4v) is 3.14. The number of aryl methyl sites for hydroxylation is 1. The number of hydrogen-bond donors (Lipinski definition) is 7. The number of aliphatic hydroxyl groups is 2. The topological polar surface area (TPSA) is 226 Å². The zero-order chi connectivity index (χ0) is 28.5. The first kappa shape index (κ1) is 29.7. The number of para-hydroxylation sites is 1. The number of carbonyl (C=O) groups is 3. The number of nitrogens with one attached hydrogen (secondary N) is 4. The number of anilines is 1. The van der Waals surface area contributed by atoms with E-state index in [0.717, 1.165) is 6.08 Å². The molecule has 0 aliphatic rings. The van der Waals surface area contributed by atoms with Crippen LogP contribution in [0.15, 0.2) is 41.0 Å². The van der Waals surface area contributed by atoms with E-state index in [1.807, 2.05) is 0 Å². The zero-order valence-corrected chi connectivity index (χ0v) is 20.8. The molecule has 0 unspecified atom stereocenters. The van der Waals surface area contributed by atoms with Crippen LogP contribution < -0.4 is 26.4 Å².